The molecule has 15 heavy (non-hydrogen) atoms. The maximum atomic E-state index is 4.31. The lowest BCUT2D eigenvalue weighted by Crippen LogP contribution is -2.23. The number of aliphatic imine (C=N–C) groups is 2. The van der Waals surface area contributed by atoms with Crippen LogP contribution in [0.2, 0.25) is 0 Å². The molecule has 0 saturated heterocycles. The lowest BCUT2D eigenvalue weighted by molar-refractivity contribution is 0.378. The molecule has 3 heteroatoms. The Labute approximate surface area is 91.0 Å². The Kier molecular flexibility index (Phi) is 3.75. The zero-order valence-corrected chi connectivity index (χ0v) is 9.73. The molecule has 0 saturated carbocycles. The first kappa shape index (κ1) is 11.6. The summed E-state index contributed by atoms with van der Waals surface area (Å²) >= 11 is 0. The molecule has 0 atom stereocenters. The molecular formula is C12H17N3. The van der Waals surface area contributed by atoms with Crippen LogP contribution in [0, 0.1) is 5.92 Å². The van der Waals surface area contributed by atoms with Gasteiger partial charge in [-0.15, -0.1) is 0 Å². The lowest BCUT2D eigenvalue weighted by Gasteiger charge is -2.21. The molecule has 0 bridgehead atoms. The van der Waals surface area contributed by atoms with Crippen molar-refractivity contribution in [2.75, 3.05) is 0 Å². The van der Waals surface area contributed by atoms with Crippen LogP contribution in [-0.4, -0.2) is 16.5 Å². The molecule has 0 fully saturated rings. The SMILES string of the molecule is CC(C)C(C)(C)N=C=Nc1cccnc1. The van der Waals surface area contributed by atoms with Gasteiger partial charge in [0.25, 0.3) is 0 Å². The van der Waals surface area contributed by atoms with Gasteiger partial charge in [0.2, 0.25) is 0 Å². The maximum absolute atomic E-state index is 4.31. The molecule has 80 valence electrons. The van der Waals surface area contributed by atoms with E-state index in [0.29, 0.717) is 5.92 Å². The second-order valence-electron chi connectivity index (χ2n) is 4.34. The molecule has 0 aliphatic rings. The molecule has 0 spiro atoms. The second-order valence-corrected chi connectivity index (χ2v) is 4.34. The fraction of sp³-hybridized carbons (Fsp3) is 0.500. The predicted octanol–water partition coefficient (Wildman–Crippen LogP) is 3.32. The molecule has 0 radical (unpaired) electrons. The summed E-state index contributed by atoms with van der Waals surface area (Å²) < 4.78 is 0. The number of aromatic nitrogens is 1. The van der Waals surface area contributed by atoms with E-state index >= 15 is 0 Å². The molecule has 1 rings (SSSR count). The van der Waals surface area contributed by atoms with Gasteiger partial charge in [-0.25, -0.2) is 4.99 Å². The molecule has 0 aliphatic heterocycles. The number of nitrogens with zero attached hydrogens (tertiary/aromatic N) is 3. The molecule has 0 aromatic carbocycles. The summed E-state index contributed by atoms with van der Waals surface area (Å²) in [5.41, 5.74) is 0.659. The van der Waals surface area contributed by atoms with Crippen molar-refractivity contribution in [3.05, 3.63) is 24.5 Å². The van der Waals surface area contributed by atoms with Gasteiger partial charge in [-0.2, -0.15) is 4.99 Å². The third kappa shape index (κ3) is 3.64. The second kappa shape index (κ2) is 4.85. The van der Waals surface area contributed by atoms with Gasteiger partial charge >= 0.3 is 0 Å². The smallest absolute Gasteiger partial charge is 0.0955 e. The summed E-state index contributed by atoms with van der Waals surface area (Å²) in [5, 5.41) is 0. The van der Waals surface area contributed by atoms with Crippen molar-refractivity contribution >= 4 is 11.7 Å². The van der Waals surface area contributed by atoms with E-state index in [1.807, 2.05) is 12.1 Å². The van der Waals surface area contributed by atoms with E-state index in [1.54, 1.807) is 12.4 Å². The Morgan fingerprint density at radius 1 is 1.40 bits per heavy atom. The monoisotopic (exact) mass is 203 g/mol. The molecule has 1 heterocycles. The zero-order valence-electron chi connectivity index (χ0n) is 9.73. The zero-order chi connectivity index (χ0) is 11.3. The fourth-order valence-corrected chi connectivity index (χ4v) is 0.761. The van der Waals surface area contributed by atoms with E-state index in [-0.39, 0.29) is 5.54 Å². The quantitative estimate of drug-likeness (QED) is 0.694. The van der Waals surface area contributed by atoms with Crippen LogP contribution in [0.1, 0.15) is 27.7 Å². The summed E-state index contributed by atoms with van der Waals surface area (Å²) in [6, 6.07) is 6.45. The molecule has 0 unspecified atom stereocenters. The highest BCUT2D eigenvalue weighted by Gasteiger charge is 2.19. The van der Waals surface area contributed by atoms with E-state index in [1.165, 1.54) is 0 Å². The average Bonchev–Trinajstić information content (AvgIpc) is 2.19. The summed E-state index contributed by atoms with van der Waals surface area (Å²) in [5.74, 6) is 0.467. The van der Waals surface area contributed by atoms with Crippen molar-refractivity contribution in [3.63, 3.8) is 0 Å². The van der Waals surface area contributed by atoms with Crippen LogP contribution in [0.4, 0.5) is 5.69 Å². The summed E-state index contributed by atoms with van der Waals surface area (Å²) in [6.07, 6.45) is 3.40. The highest BCUT2D eigenvalue weighted by molar-refractivity contribution is 5.51. The van der Waals surface area contributed by atoms with Crippen molar-refractivity contribution in [1.82, 2.24) is 4.98 Å². The Hall–Kier alpha value is -1.47. The third-order valence-electron chi connectivity index (χ3n) is 2.58. The van der Waals surface area contributed by atoms with Crippen molar-refractivity contribution < 1.29 is 0 Å². The van der Waals surface area contributed by atoms with E-state index < -0.39 is 0 Å². The first-order valence-corrected chi connectivity index (χ1v) is 5.10. The first-order chi connectivity index (χ1) is 7.02. The van der Waals surface area contributed by atoms with Crippen LogP contribution in [0.3, 0.4) is 0 Å². The molecule has 0 N–H and O–H groups in total. The molecule has 1 aromatic heterocycles. The Bertz CT molecular complexity index is 360. The summed E-state index contributed by atoms with van der Waals surface area (Å²) in [6.45, 7) is 8.41. The minimum Gasteiger partial charge on any atom is -0.262 e. The fourth-order valence-electron chi connectivity index (χ4n) is 0.761. The third-order valence-corrected chi connectivity index (χ3v) is 2.58. The van der Waals surface area contributed by atoms with Gasteiger partial charge in [0.1, 0.15) is 0 Å². The van der Waals surface area contributed by atoms with Gasteiger partial charge in [-0.1, -0.05) is 13.8 Å². The number of hydrogen-bond donors (Lipinski definition) is 0. The standard InChI is InChI=1S/C12H17N3/c1-10(2)12(3,4)15-9-14-11-6-5-7-13-8-11/h5-8,10H,1-4H3. The van der Waals surface area contributed by atoms with Crippen LogP contribution >= 0.6 is 0 Å². The van der Waals surface area contributed by atoms with Gasteiger partial charge < -0.3 is 0 Å². The number of hydrogen-bond acceptors (Lipinski definition) is 3. The average molecular weight is 203 g/mol. The van der Waals surface area contributed by atoms with E-state index in [2.05, 4.69) is 48.7 Å². The van der Waals surface area contributed by atoms with E-state index in [4.69, 9.17) is 0 Å². The number of pyridine rings is 1. The van der Waals surface area contributed by atoms with Crippen molar-refractivity contribution in [1.29, 1.82) is 0 Å². The van der Waals surface area contributed by atoms with Crippen molar-refractivity contribution in [2.24, 2.45) is 15.9 Å². The van der Waals surface area contributed by atoms with Gasteiger partial charge in [0.05, 0.1) is 23.4 Å². The molecule has 3 nitrogen and oxygen atoms in total. The molecule has 0 amide bonds. The highest BCUT2D eigenvalue weighted by atomic mass is 14.9. The predicted molar refractivity (Wildman–Crippen MR) is 62.7 cm³/mol. The van der Waals surface area contributed by atoms with Crippen LogP contribution in [0.5, 0.6) is 0 Å². The van der Waals surface area contributed by atoms with Crippen LogP contribution in [0.25, 0.3) is 0 Å². The molecule has 0 aliphatic carbocycles. The largest absolute Gasteiger partial charge is 0.262 e. The molecular weight excluding hydrogens is 186 g/mol. The minimum absolute atomic E-state index is 0.119. The Morgan fingerprint density at radius 2 is 2.13 bits per heavy atom. The Balaban J connectivity index is 2.78. The number of rotatable bonds is 3. The normalized spacial score (nSPS) is 11.0. The van der Waals surface area contributed by atoms with Crippen LogP contribution < -0.4 is 0 Å². The topological polar surface area (TPSA) is 37.6 Å². The summed E-state index contributed by atoms with van der Waals surface area (Å²) in [7, 11) is 0. The molecule has 1 aromatic rings. The van der Waals surface area contributed by atoms with Crippen molar-refractivity contribution in [2.45, 2.75) is 33.2 Å². The van der Waals surface area contributed by atoms with Crippen LogP contribution in [0.15, 0.2) is 34.5 Å². The van der Waals surface area contributed by atoms with E-state index in [0.717, 1.165) is 5.69 Å². The highest BCUT2D eigenvalue weighted by Crippen LogP contribution is 2.19. The van der Waals surface area contributed by atoms with Gasteiger partial charge in [0, 0.05) is 6.20 Å². The van der Waals surface area contributed by atoms with Crippen LogP contribution in [-0.2, 0) is 0 Å². The van der Waals surface area contributed by atoms with Gasteiger partial charge in [-0.3, -0.25) is 4.98 Å². The summed E-state index contributed by atoms with van der Waals surface area (Å²) in [4.78, 5) is 12.4. The minimum atomic E-state index is -0.119. The van der Waals surface area contributed by atoms with E-state index in [9.17, 15) is 0 Å². The van der Waals surface area contributed by atoms with Gasteiger partial charge in [-0.05, 0) is 31.9 Å². The lowest BCUT2D eigenvalue weighted by atomic mass is 9.92. The Morgan fingerprint density at radius 3 is 2.67 bits per heavy atom. The van der Waals surface area contributed by atoms with Crippen molar-refractivity contribution in [3.8, 4) is 0 Å². The maximum Gasteiger partial charge on any atom is 0.0955 e. The van der Waals surface area contributed by atoms with Gasteiger partial charge in [0.15, 0.2) is 0 Å². The first-order valence-electron chi connectivity index (χ1n) is 5.10.